The van der Waals surface area contributed by atoms with Gasteiger partial charge in [-0.3, -0.25) is 10.1 Å². The lowest BCUT2D eigenvalue weighted by Gasteiger charge is -2.17. The summed E-state index contributed by atoms with van der Waals surface area (Å²) in [5, 5.41) is 12.7. The lowest BCUT2D eigenvalue weighted by molar-refractivity contribution is -0.384. The zero-order valence-electron chi connectivity index (χ0n) is 10.4. The molecule has 0 radical (unpaired) electrons. The fraction of sp³-hybridized carbons (Fsp3) is 0.500. The quantitative estimate of drug-likeness (QED) is 0.521. The molecule has 0 amide bonds. The highest BCUT2D eigenvalue weighted by Gasteiger charge is 2.35. The Labute approximate surface area is 114 Å². The Morgan fingerprint density at radius 2 is 1.90 bits per heavy atom. The monoisotopic (exact) mass is 317 g/mol. The lowest BCUT2D eigenvalue weighted by Crippen LogP contribution is -2.24. The van der Waals surface area contributed by atoms with Crippen molar-refractivity contribution in [2.45, 2.75) is 31.7 Å². The van der Waals surface area contributed by atoms with Gasteiger partial charge in [-0.05, 0) is 13.0 Å². The van der Waals surface area contributed by atoms with Crippen molar-refractivity contribution >= 4 is 11.4 Å². The van der Waals surface area contributed by atoms with Crippen LogP contribution in [0.5, 0.6) is 0 Å². The van der Waals surface area contributed by atoms with Crippen molar-refractivity contribution in [3.8, 4) is 0 Å². The number of nitrogens with one attached hydrogen (secondary N) is 1. The molecule has 0 fully saturated rings. The Kier molecular flexibility index (Phi) is 4.64. The maximum atomic E-state index is 12.5. The number of nitro groups is 1. The van der Waals surface area contributed by atoms with Crippen LogP contribution in [0.4, 0.5) is 37.7 Å². The topological polar surface area (TPSA) is 68.1 Å². The fourth-order valence-corrected chi connectivity index (χ4v) is 1.53. The van der Waals surface area contributed by atoms with Crippen LogP contribution in [-0.4, -0.2) is 22.1 Å². The van der Waals surface area contributed by atoms with E-state index < -0.39 is 46.8 Å². The summed E-state index contributed by atoms with van der Waals surface area (Å²) in [6.45, 7) is 1.05. The first kappa shape index (κ1) is 17.0. The van der Waals surface area contributed by atoms with E-state index in [2.05, 4.69) is 10.3 Å². The highest BCUT2D eigenvalue weighted by molar-refractivity contribution is 5.61. The lowest BCUT2D eigenvalue weighted by atomic mass is 10.2. The van der Waals surface area contributed by atoms with Crippen LogP contribution in [0, 0.1) is 10.1 Å². The molecular weight excluding hydrogens is 308 g/mol. The van der Waals surface area contributed by atoms with Gasteiger partial charge in [0.2, 0.25) is 0 Å². The van der Waals surface area contributed by atoms with E-state index in [9.17, 15) is 36.5 Å². The first-order valence-electron chi connectivity index (χ1n) is 5.45. The molecule has 0 aliphatic rings. The Hall–Kier alpha value is -2.07. The SMILES string of the molecule is CC(CC(F)(F)F)Nc1cc(C(F)(F)F)ncc1[N+](=O)[O-]. The number of pyridine rings is 1. The van der Waals surface area contributed by atoms with E-state index in [-0.39, 0.29) is 0 Å². The van der Waals surface area contributed by atoms with Crippen molar-refractivity contribution in [2.24, 2.45) is 0 Å². The summed E-state index contributed by atoms with van der Waals surface area (Å²) in [6, 6.07) is -1.03. The van der Waals surface area contributed by atoms with Gasteiger partial charge in [0.25, 0.3) is 0 Å². The normalized spacial score (nSPS) is 13.9. The van der Waals surface area contributed by atoms with E-state index in [1.54, 1.807) is 0 Å². The third kappa shape index (κ3) is 5.08. The Morgan fingerprint density at radius 1 is 1.33 bits per heavy atom. The molecule has 21 heavy (non-hydrogen) atoms. The molecule has 0 saturated carbocycles. The van der Waals surface area contributed by atoms with Gasteiger partial charge < -0.3 is 5.32 Å². The van der Waals surface area contributed by atoms with Gasteiger partial charge in [0.15, 0.2) is 0 Å². The second-order valence-corrected chi connectivity index (χ2v) is 4.21. The van der Waals surface area contributed by atoms with Crippen LogP contribution < -0.4 is 5.32 Å². The predicted octanol–water partition coefficient (Wildman–Crippen LogP) is 3.76. The summed E-state index contributed by atoms with van der Waals surface area (Å²) in [4.78, 5) is 12.5. The molecule has 1 heterocycles. The van der Waals surface area contributed by atoms with Crippen molar-refractivity contribution < 1.29 is 31.3 Å². The van der Waals surface area contributed by atoms with Crippen molar-refractivity contribution in [1.82, 2.24) is 4.98 Å². The Balaban J connectivity index is 3.10. The third-order valence-electron chi connectivity index (χ3n) is 2.31. The summed E-state index contributed by atoms with van der Waals surface area (Å²) >= 11 is 0. The van der Waals surface area contributed by atoms with E-state index >= 15 is 0 Å². The fourth-order valence-electron chi connectivity index (χ4n) is 1.53. The van der Waals surface area contributed by atoms with E-state index in [4.69, 9.17) is 0 Å². The number of nitrogens with zero attached hydrogens (tertiary/aromatic N) is 2. The Morgan fingerprint density at radius 3 is 2.33 bits per heavy atom. The molecule has 1 aromatic rings. The van der Waals surface area contributed by atoms with Crippen LogP contribution >= 0.6 is 0 Å². The van der Waals surface area contributed by atoms with Crippen LogP contribution in [0.25, 0.3) is 0 Å². The molecule has 118 valence electrons. The Bertz CT molecular complexity index is 529. The highest BCUT2D eigenvalue weighted by atomic mass is 19.4. The molecule has 1 aromatic heterocycles. The van der Waals surface area contributed by atoms with Gasteiger partial charge >= 0.3 is 18.0 Å². The van der Waals surface area contributed by atoms with Crippen molar-refractivity contribution in [3.05, 3.63) is 28.1 Å². The second kappa shape index (κ2) is 5.74. The number of rotatable bonds is 4. The van der Waals surface area contributed by atoms with Gasteiger partial charge in [0.1, 0.15) is 17.6 Å². The molecule has 1 rings (SSSR count). The van der Waals surface area contributed by atoms with Crippen LogP contribution in [-0.2, 0) is 6.18 Å². The summed E-state index contributed by atoms with van der Waals surface area (Å²) in [6.07, 6.45) is -10.4. The van der Waals surface area contributed by atoms with Crippen LogP contribution in [0.2, 0.25) is 0 Å². The van der Waals surface area contributed by atoms with E-state index in [1.165, 1.54) is 0 Å². The molecule has 1 unspecified atom stereocenters. The molecule has 0 bridgehead atoms. The van der Waals surface area contributed by atoms with Gasteiger partial charge in [-0.1, -0.05) is 0 Å². The number of alkyl halides is 6. The maximum absolute atomic E-state index is 12.5. The molecular formula is C10H9F6N3O2. The molecule has 1 atom stereocenters. The van der Waals surface area contributed by atoms with Gasteiger partial charge in [-0.25, -0.2) is 4.98 Å². The molecule has 11 heteroatoms. The van der Waals surface area contributed by atoms with Gasteiger partial charge in [-0.2, -0.15) is 26.3 Å². The maximum Gasteiger partial charge on any atom is 0.433 e. The average Bonchev–Trinajstić information content (AvgIpc) is 2.24. The van der Waals surface area contributed by atoms with Gasteiger partial charge in [0.05, 0.1) is 11.3 Å². The predicted molar refractivity (Wildman–Crippen MR) is 59.7 cm³/mol. The second-order valence-electron chi connectivity index (χ2n) is 4.21. The van der Waals surface area contributed by atoms with E-state index in [0.717, 1.165) is 6.92 Å². The minimum Gasteiger partial charge on any atom is -0.377 e. The number of halogens is 6. The summed E-state index contributed by atoms with van der Waals surface area (Å²) < 4.78 is 73.9. The summed E-state index contributed by atoms with van der Waals surface area (Å²) in [5.41, 5.74) is -2.94. The number of aromatic nitrogens is 1. The smallest absolute Gasteiger partial charge is 0.377 e. The first-order valence-corrected chi connectivity index (χ1v) is 5.45. The zero-order valence-corrected chi connectivity index (χ0v) is 10.4. The summed E-state index contributed by atoms with van der Waals surface area (Å²) in [7, 11) is 0. The summed E-state index contributed by atoms with van der Waals surface area (Å²) in [5.74, 6) is 0. The van der Waals surface area contributed by atoms with Crippen LogP contribution in [0.15, 0.2) is 12.3 Å². The largest absolute Gasteiger partial charge is 0.433 e. The van der Waals surface area contributed by atoms with Crippen molar-refractivity contribution in [3.63, 3.8) is 0 Å². The molecule has 5 nitrogen and oxygen atoms in total. The van der Waals surface area contributed by atoms with Crippen LogP contribution in [0.3, 0.4) is 0 Å². The molecule has 0 aliphatic carbocycles. The number of anilines is 1. The van der Waals surface area contributed by atoms with Gasteiger partial charge in [-0.15, -0.1) is 0 Å². The zero-order chi connectivity index (χ0) is 16.4. The van der Waals surface area contributed by atoms with Gasteiger partial charge in [0, 0.05) is 6.04 Å². The third-order valence-corrected chi connectivity index (χ3v) is 2.31. The molecule has 1 N–H and O–H groups in total. The highest BCUT2D eigenvalue weighted by Crippen LogP contribution is 2.34. The molecule has 0 aromatic carbocycles. The first-order chi connectivity index (χ1) is 9.40. The average molecular weight is 317 g/mol. The minimum absolute atomic E-state index is 0.311. The molecule has 0 aliphatic heterocycles. The van der Waals surface area contributed by atoms with Crippen LogP contribution in [0.1, 0.15) is 19.0 Å². The van der Waals surface area contributed by atoms with E-state index in [1.807, 2.05) is 0 Å². The van der Waals surface area contributed by atoms with Crippen molar-refractivity contribution in [1.29, 1.82) is 0 Å². The number of hydrogen-bond acceptors (Lipinski definition) is 4. The minimum atomic E-state index is -4.86. The standard InChI is InChI=1S/C10H9F6N3O2/c1-5(3-9(11,12)13)18-6-2-8(10(14,15)16)17-4-7(6)19(20)21/h2,4-5H,3H2,1H3,(H,17,18). The number of hydrogen-bond donors (Lipinski definition) is 1. The van der Waals surface area contributed by atoms with E-state index in [0.29, 0.717) is 12.3 Å². The van der Waals surface area contributed by atoms with Crippen molar-refractivity contribution in [2.75, 3.05) is 5.32 Å². The molecule has 0 saturated heterocycles. The molecule has 0 spiro atoms.